The van der Waals surface area contributed by atoms with Crippen LogP contribution in [0.25, 0.3) is 0 Å². The van der Waals surface area contributed by atoms with E-state index in [9.17, 15) is 25.5 Å². The number of alkyl halides is 3. The van der Waals surface area contributed by atoms with Crippen LogP contribution < -0.4 is 0 Å². The van der Waals surface area contributed by atoms with E-state index >= 15 is 0 Å². The van der Waals surface area contributed by atoms with Crippen LogP contribution >= 0.6 is 0 Å². The van der Waals surface area contributed by atoms with Gasteiger partial charge in [-0.2, -0.15) is 21.6 Å². The van der Waals surface area contributed by atoms with Crippen molar-refractivity contribution in [1.29, 1.82) is 0 Å². The van der Waals surface area contributed by atoms with Crippen LogP contribution in [0.15, 0.2) is 30.3 Å². The maximum absolute atomic E-state index is 12.7. The molecule has 1 rings (SSSR count). The van der Waals surface area contributed by atoms with Crippen molar-refractivity contribution in [2.75, 3.05) is 5.75 Å². The number of hydrogen-bond acceptors (Lipinski definition) is 2. The van der Waals surface area contributed by atoms with E-state index in [-0.39, 0.29) is 5.56 Å². The normalized spacial score (nSPS) is 14.6. The van der Waals surface area contributed by atoms with E-state index in [0.717, 1.165) is 0 Å². The number of halogens is 4. The van der Waals surface area contributed by atoms with Gasteiger partial charge >= 0.3 is 16.4 Å². The first-order chi connectivity index (χ1) is 7.70. The zero-order valence-electron chi connectivity index (χ0n) is 8.61. The van der Waals surface area contributed by atoms with Gasteiger partial charge in [0.15, 0.2) is 0 Å². The molecule has 1 aromatic carbocycles. The fraction of sp³-hybridized carbons (Fsp3) is 0.400. The van der Waals surface area contributed by atoms with Crippen molar-refractivity contribution >= 4 is 10.2 Å². The first kappa shape index (κ1) is 14.0. The van der Waals surface area contributed by atoms with Crippen molar-refractivity contribution in [2.45, 2.75) is 18.5 Å². The maximum Gasteiger partial charge on any atom is 0.395 e. The molecule has 0 spiro atoms. The average molecular weight is 270 g/mol. The zero-order valence-corrected chi connectivity index (χ0v) is 9.43. The summed E-state index contributed by atoms with van der Waals surface area (Å²) in [6.45, 7) is 0. The molecule has 1 aromatic rings. The van der Waals surface area contributed by atoms with Crippen molar-refractivity contribution in [3.05, 3.63) is 35.9 Å². The van der Waals surface area contributed by atoms with Crippen LogP contribution in [-0.4, -0.2) is 20.3 Å². The maximum atomic E-state index is 12.7. The lowest BCUT2D eigenvalue weighted by molar-refractivity contribution is -0.150. The van der Waals surface area contributed by atoms with Gasteiger partial charge in [-0.15, -0.1) is 3.89 Å². The molecule has 17 heavy (non-hydrogen) atoms. The monoisotopic (exact) mass is 270 g/mol. The molecule has 0 fully saturated rings. The highest BCUT2D eigenvalue weighted by Crippen LogP contribution is 2.37. The first-order valence-corrected chi connectivity index (χ1v) is 6.29. The summed E-state index contributed by atoms with van der Waals surface area (Å²) in [6.07, 6.45) is -5.40. The van der Waals surface area contributed by atoms with E-state index in [1.165, 1.54) is 24.3 Å². The Balaban J connectivity index is 2.91. The highest BCUT2D eigenvalue weighted by molar-refractivity contribution is 7.86. The highest BCUT2D eigenvalue weighted by atomic mass is 32.3. The molecule has 1 unspecified atom stereocenters. The van der Waals surface area contributed by atoms with Gasteiger partial charge in [0.05, 0.1) is 11.7 Å². The molecule has 0 radical (unpaired) electrons. The molecule has 0 amide bonds. The Hall–Kier alpha value is -1.11. The fourth-order valence-corrected chi connectivity index (χ4v) is 1.98. The Bertz CT molecular complexity index is 453. The van der Waals surface area contributed by atoms with Crippen LogP contribution in [0, 0.1) is 0 Å². The average Bonchev–Trinajstić information content (AvgIpc) is 2.15. The van der Waals surface area contributed by atoms with Crippen LogP contribution in [0.1, 0.15) is 17.9 Å². The van der Waals surface area contributed by atoms with Crippen molar-refractivity contribution in [3.8, 4) is 0 Å². The number of rotatable bonds is 4. The van der Waals surface area contributed by atoms with Gasteiger partial charge in [-0.25, -0.2) is 0 Å². The summed E-state index contributed by atoms with van der Waals surface area (Å²) >= 11 is 0. The quantitative estimate of drug-likeness (QED) is 0.622. The van der Waals surface area contributed by atoms with Crippen molar-refractivity contribution < 1.29 is 25.5 Å². The smallest absolute Gasteiger partial charge is 0.195 e. The van der Waals surface area contributed by atoms with Gasteiger partial charge in [0.2, 0.25) is 0 Å². The standard InChI is InChI=1S/C10H10F4O2S/c11-10(12,13)9(6-7-17(14,15)16)8-4-2-1-3-5-8/h1-5,9H,6-7H2. The van der Waals surface area contributed by atoms with E-state index in [2.05, 4.69) is 0 Å². The Morgan fingerprint density at radius 2 is 1.65 bits per heavy atom. The second kappa shape index (κ2) is 5.03. The molecule has 0 bridgehead atoms. The lowest BCUT2D eigenvalue weighted by Gasteiger charge is -2.19. The minimum Gasteiger partial charge on any atom is -0.195 e. The topological polar surface area (TPSA) is 34.1 Å². The van der Waals surface area contributed by atoms with E-state index in [1.807, 2.05) is 0 Å². The summed E-state index contributed by atoms with van der Waals surface area (Å²) in [6, 6.07) is 6.85. The minimum absolute atomic E-state index is 0.0661. The van der Waals surface area contributed by atoms with Crippen LogP contribution in [0.5, 0.6) is 0 Å². The van der Waals surface area contributed by atoms with Crippen molar-refractivity contribution in [1.82, 2.24) is 0 Å². The molecule has 0 aliphatic rings. The lowest BCUT2D eigenvalue weighted by Crippen LogP contribution is -2.23. The van der Waals surface area contributed by atoms with Gasteiger partial charge in [-0.05, 0) is 12.0 Å². The molecule has 0 heterocycles. The van der Waals surface area contributed by atoms with Crippen LogP contribution in [0.3, 0.4) is 0 Å². The molecule has 0 N–H and O–H groups in total. The third kappa shape index (κ3) is 4.72. The summed E-state index contributed by atoms with van der Waals surface area (Å²) in [5.41, 5.74) is -0.0661. The molecule has 7 heteroatoms. The third-order valence-electron chi connectivity index (χ3n) is 2.25. The largest absolute Gasteiger partial charge is 0.395 e. The van der Waals surface area contributed by atoms with Gasteiger partial charge in [0, 0.05) is 0 Å². The fourth-order valence-electron chi connectivity index (χ4n) is 1.46. The predicted octanol–water partition coefficient (Wildman–Crippen LogP) is 3.02. The van der Waals surface area contributed by atoms with Gasteiger partial charge in [-0.1, -0.05) is 30.3 Å². The number of benzene rings is 1. The summed E-state index contributed by atoms with van der Waals surface area (Å²) in [4.78, 5) is 0. The van der Waals surface area contributed by atoms with Gasteiger partial charge in [-0.3, -0.25) is 0 Å². The SMILES string of the molecule is O=S(=O)(F)CCC(c1ccccc1)C(F)(F)F. The molecule has 1 atom stereocenters. The van der Waals surface area contributed by atoms with Crippen molar-refractivity contribution in [2.24, 2.45) is 0 Å². The van der Waals surface area contributed by atoms with Crippen LogP contribution in [0.4, 0.5) is 17.1 Å². The summed E-state index contributed by atoms with van der Waals surface area (Å²) in [5, 5.41) is 0. The van der Waals surface area contributed by atoms with E-state index in [4.69, 9.17) is 0 Å². The number of hydrogen-bond donors (Lipinski definition) is 0. The Kier molecular flexibility index (Phi) is 4.13. The molecule has 0 aliphatic carbocycles. The zero-order chi connectivity index (χ0) is 13.1. The molecule has 0 aromatic heterocycles. The molecular formula is C10H10F4O2S. The predicted molar refractivity (Wildman–Crippen MR) is 54.7 cm³/mol. The Morgan fingerprint density at radius 3 is 2.06 bits per heavy atom. The second-order valence-electron chi connectivity index (χ2n) is 3.54. The summed E-state index contributed by atoms with van der Waals surface area (Å²) in [5.74, 6) is -3.10. The van der Waals surface area contributed by atoms with Gasteiger partial charge in [0.1, 0.15) is 0 Å². The van der Waals surface area contributed by atoms with Crippen LogP contribution in [0.2, 0.25) is 0 Å². The minimum atomic E-state index is -4.89. The molecule has 2 nitrogen and oxygen atoms in total. The molecule has 0 aliphatic heterocycles. The summed E-state index contributed by atoms with van der Waals surface area (Å²) < 4.78 is 70.8. The van der Waals surface area contributed by atoms with E-state index < -0.39 is 34.5 Å². The van der Waals surface area contributed by atoms with Crippen LogP contribution in [-0.2, 0) is 10.2 Å². The Labute approximate surface area is 96.5 Å². The second-order valence-corrected chi connectivity index (χ2v) is 5.02. The molecular weight excluding hydrogens is 260 g/mol. The molecule has 96 valence electrons. The summed E-state index contributed by atoms with van der Waals surface area (Å²) in [7, 11) is -4.89. The first-order valence-electron chi connectivity index (χ1n) is 4.74. The highest BCUT2D eigenvalue weighted by Gasteiger charge is 2.40. The van der Waals surface area contributed by atoms with Gasteiger partial charge in [0.25, 0.3) is 0 Å². The molecule has 0 saturated carbocycles. The van der Waals surface area contributed by atoms with Gasteiger partial charge < -0.3 is 0 Å². The van der Waals surface area contributed by atoms with E-state index in [1.54, 1.807) is 6.07 Å². The third-order valence-corrected chi connectivity index (χ3v) is 2.97. The lowest BCUT2D eigenvalue weighted by atomic mass is 9.96. The Morgan fingerprint density at radius 1 is 1.12 bits per heavy atom. The van der Waals surface area contributed by atoms with E-state index in [0.29, 0.717) is 0 Å². The van der Waals surface area contributed by atoms with Crippen molar-refractivity contribution in [3.63, 3.8) is 0 Å². The molecule has 0 saturated heterocycles.